The molecule has 0 aliphatic rings. The fraction of sp³-hybridized carbons (Fsp3) is 0.238. The van der Waals surface area contributed by atoms with Crippen molar-refractivity contribution in [1.82, 2.24) is 0 Å². The molecule has 3 aromatic rings. The molecule has 0 aliphatic heterocycles. The summed E-state index contributed by atoms with van der Waals surface area (Å²) in [5.41, 5.74) is 2.25. The highest BCUT2D eigenvalue weighted by atomic mass is 16.7. The molecule has 0 radical (unpaired) electrons. The van der Waals surface area contributed by atoms with E-state index in [9.17, 15) is 5.11 Å². The van der Waals surface area contributed by atoms with Gasteiger partial charge in [-0.05, 0) is 22.4 Å². The molecule has 0 spiro atoms. The standard InChI is InChI=1S/C21H22O4/c1-23-18-13-12-14-8-4-5-9-15(14)19(18)20(22)16-10-6-7-11-17(16)21(24-2)25-3/h4-13,20-22H,1-3H3. The van der Waals surface area contributed by atoms with Crippen molar-refractivity contribution in [3.63, 3.8) is 0 Å². The van der Waals surface area contributed by atoms with Crippen LogP contribution < -0.4 is 4.74 Å². The lowest BCUT2D eigenvalue weighted by Gasteiger charge is -2.23. The molecule has 0 aromatic heterocycles. The van der Waals surface area contributed by atoms with Crippen molar-refractivity contribution in [2.24, 2.45) is 0 Å². The largest absolute Gasteiger partial charge is 0.496 e. The summed E-state index contributed by atoms with van der Waals surface area (Å²) in [4.78, 5) is 0. The number of aliphatic hydroxyl groups is 1. The topological polar surface area (TPSA) is 47.9 Å². The molecule has 25 heavy (non-hydrogen) atoms. The van der Waals surface area contributed by atoms with Gasteiger partial charge < -0.3 is 19.3 Å². The van der Waals surface area contributed by atoms with Crippen LogP contribution in [-0.4, -0.2) is 26.4 Å². The summed E-state index contributed by atoms with van der Waals surface area (Å²) in [5, 5.41) is 13.2. The van der Waals surface area contributed by atoms with E-state index >= 15 is 0 Å². The number of methoxy groups -OCH3 is 3. The van der Waals surface area contributed by atoms with Crippen LogP contribution in [0.5, 0.6) is 5.75 Å². The molecule has 0 saturated heterocycles. The van der Waals surface area contributed by atoms with Crippen LogP contribution in [0.4, 0.5) is 0 Å². The van der Waals surface area contributed by atoms with Gasteiger partial charge in [0.25, 0.3) is 0 Å². The zero-order valence-electron chi connectivity index (χ0n) is 14.6. The van der Waals surface area contributed by atoms with Crippen molar-refractivity contribution < 1.29 is 19.3 Å². The Bertz CT molecular complexity index is 855. The van der Waals surface area contributed by atoms with Crippen molar-refractivity contribution in [3.8, 4) is 5.75 Å². The Labute approximate surface area is 147 Å². The van der Waals surface area contributed by atoms with Gasteiger partial charge in [-0.3, -0.25) is 0 Å². The number of hydrogen-bond acceptors (Lipinski definition) is 4. The molecule has 0 fully saturated rings. The van der Waals surface area contributed by atoms with Crippen molar-refractivity contribution in [2.45, 2.75) is 12.4 Å². The molecule has 130 valence electrons. The Kier molecular flexibility index (Phi) is 5.34. The molecule has 4 heteroatoms. The van der Waals surface area contributed by atoms with Gasteiger partial charge in [0, 0.05) is 25.3 Å². The first-order chi connectivity index (χ1) is 12.2. The van der Waals surface area contributed by atoms with Crippen LogP contribution in [0.25, 0.3) is 10.8 Å². The number of rotatable bonds is 6. The highest BCUT2D eigenvalue weighted by Gasteiger charge is 2.24. The van der Waals surface area contributed by atoms with E-state index in [1.807, 2.05) is 60.7 Å². The molecule has 1 atom stereocenters. The molecule has 3 rings (SSSR count). The maximum Gasteiger partial charge on any atom is 0.183 e. The number of aliphatic hydroxyl groups excluding tert-OH is 1. The van der Waals surface area contributed by atoms with E-state index in [2.05, 4.69) is 0 Å². The lowest BCUT2D eigenvalue weighted by molar-refractivity contribution is -0.107. The normalized spacial score (nSPS) is 12.5. The van der Waals surface area contributed by atoms with Gasteiger partial charge in [-0.1, -0.05) is 54.6 Å². The lowest BCUT2D eigenvalue weighted by Crippen LogP contribution is -2.11. The second-order valence-electron chi connectivity index (χ2n) is 5.74. The molecule has 4 nitrogen and oxygen atoms in total. The summed E-state index contributed by atoms with van der Waals surface area (Å²) in [6, 6.07) is 19.4. The second kappa shape index (κ2) is 7.66. The van der Waals surface area contributed by atoms with Crippen LogP contribution in [-0.2, 0) is 9.47 Å². The molecule has 0 amide bonds. The molecule has 0 bridgehead atoms. The van der Waals surface area contributed by atoms with Crippen LogP contribution in [0, 0.1) is 0 Å². The lowest BCUT2D eigenvalue weighted by atomic mass is 9.92. The fourth-order valence-electron chi connectivity index (χ4n) is 3.22. The molecule has 0 saturated carbocycles. The highest BCUT2D eigenvalue weighted by molar-refractivity contribution is 5.88. The Morgan fingerprint density at radius 1 is 0.760 bits per heavy atom. The first-order valence-electron chi connectivity index (χ1n) is 8.09. The third kappa shape index (κ3) is 3.24. The minimum Gasteiger partial charge on any atom is -0.496 e. The van der Waals surface area contributed by atoms with E-state index in [1.54, 1.807) is 21.3 Å². The van der Waals surface area contributed by atoms with Crippen LogP contribution in [0.3, 0.4) is 0 Å². The van der Waals surface area contributed by atoms with E-state index in [0.717, 1.165) is 27.5 Å². The Morgan fingerprint density at radius 3 is 2.08 bits per heavy atom. The third-order valence-electron chi connectivity index (χ3n) is 4.40. The monoisotopic (exact) mass is 338 g/mol. The Morgan fingerprint density at radius 2 is 1.40 bits per heavy atom. The van der Waals surface area contributed by atoms with E-state index in [-0.39, 0.29) is 0 Å². The predicted molar refractivity (Wildman–Crippen MR) is 97.8 cm³/mol. The van der Waals surface area contributed by atoms with Crippen molar-refractivity contribution in [2.75, 3.05) is 21.3 Å². The number of hydrogen-bond donors (Lipinski definition) is 1. The molecule has 1 unspecified atom stereocenters. The van der Waals surface area contributed by atoms with Gasteiger partial charge in [-0.2, -0.15) is 0 Å². The summed E-state index contributed by atoms with van der Waals surface area (Å²) in [6.45, 7) is 0. The first kappa shape index (κ1) is 17.4. The van der Waals surface area contributed by atoms with Gasteiger partial charge in [0.05, 0.1) is 7.11 Å². The van der Waals surface area contributed by atoms with E-state index in [1.165, 1.54) is 0 Å². The van der Waals surface area contributed by atoms with Crippen molar-refractivity contribution in [1.29, 1.82) is 0 Å². The van der Waals surface area contributed by atoms with Crippen LogP contribution in [0.1, 0.15) is 29.1 Å². The number of benzene rings is 3. The summed E-state index contributed by atoms with van der Waals surface area (Å²) < 4.78 is 16.3. The first-order valence-corrected chi connectivity index (χ1v) is 8.09. The predicted octanol–water partition coefficient (Wildman–Crippen LogP) is 4.22. The fourth-order valence-corrected chi connectivity index (χ4v) is 3.22. The summed E-state index contributed by atoms with van der Waals surface area (Å²) in [5.74, 6) is 0.646. The molecular formula is C21H22O4. The molecule has 0 aliphatic carbocycles. The quantitative estimate of drug-likeness (QED) is 0.684. The maximum absolute atomic E-state index is 11.2. The summed E-state index contributed by atoms with van der Waals surface area (Å²) >= 11 is 0. The maximum atomic E-state index is 11.2. The SMILES string of the molecule is COc1ccc2ccccc2c1C(O)c1ccccc1C(OC)OC. The molecule has 0 heterocycles. The van der Waals surface area contributed by atoms with E-state index < -0.39 is 12.4 Å². The smallest absolute Gasteiger partial charge is 0.183 e. The van der Waals surface area contributed by atoms with Gasteiger partial charge in [-0.25, -0.2) is 0 Å². The highest BCUT2D eigenvalue weighted by Crippen LogP contribution is 2.38. The summed E-state index contributed by atoms with van der Waals surface area (Å²) in [7, 11) is 4.77. The van der Waals surface area contributed by atoms with E-state index in [4.69, 9.17) is 14.2 Å². The zero-order chi connectivity index (χ0) is 17.8. The number of fused-ring (bicyclic) bond motifs is 1. The molecular weight excluding hydrogens is 316 g/mol. The Balaban J connectivity index is 2.20. The van der Waals surface area contributed by atoms with Gasteiger partial charge in [0.1, 0.15) is 11.9 Å². The minimum atomic E-state index is -0.870. The average Bonchev–Trinajstić information content (AvgIpc) is 2.68. The van der Waals surface area contributed by atoms with Gasteiger partial charge in [-0.15, -0.1) is 0 Å². The second-order valence-corrected chi connectivity index (χ2v) is 5.74. The third-order valence-corrected chi connectivity index (χ3v) is 4.40. The van der Waals surface area contributed by atoms with Crippen molar-refractivity contribution in [3.05, 3.63) is 77.4 Å². The van der Waals surface area contributed by atoms with Crippen LogP contribution in [0.2, 0.25) is 0 Å². The van der Waals surface area contributed by atoms with Crippen LogP contribution in [0.15, 0.2) is 60.7 Å². The van der Waals surface area contributed by atoms with E-state index in [0.29, 0.717) is 5.75 Å². The zero-order valence-corrected chi connectivity index (χ0v) is 14.6. The van der Waals surface area contributed by atoms with Crippen LogP contribution >= 0.6 is 0 Å². The van der Waals surface area contributed by atoms with Gasteiger partial charge in [0.2, 0.25) is 0 Å². The van der Waals surface area contributed by atoms with Gasteiger partial charge >= 0.3 is 0 Å². The Hall–Kier alpha value is -2.40. The number of ether oxygens (including phenoxy) is 3. The van der Waals surface area contributed by atoms with Gasteiger partial charge in [0.15, 0.2) is 6.29 Å². The molecule has 1 N–H and O–H groups in total. The molecule has 3 aromatic carbocycles. The average molecular weight is 338 g/mol. The summed E-state index contributed by atoms with van der Waals surface area (Å²) in [6.07, 6.45) is -1.42. The van der Waals surface area contributed by atoms with Crippen molar-refractivity contribution >= 4 is 10.8 Å². The minimum absolute atomic E-state index is 0.549.